The Morgan fingerprint density at radius 3 is 0.554 bits per heavy atom. The molecular weight excluding hydrogens is 1910 g/mol. The van der Waals surface area contributed by atoms with Crippen LogP contribution >= 0.6 is 0 Å². The third kappa shape index (κ3) is 44.8. The zero-order valence-electron chi connectivity index (χ0n) is 89.9. The summed E-state index contributed by atoms with van der Waals surface area (Å²) in [5.74, 6) is -0.656. The molecule has 4 aromatic rings. The Labute approximate surface area is 875 Å². The molecule has 148 heavy (non-hydrogen) atoms. The van der Waals surface area contributed by atoms with Gasteiger partial charge in [0.05, 0.1) is 50.1 Å². The third-order valence-corrected chi connectivity index (χ3v) is 29.3. The summed E-state index contributed by atoms with van der Waals surface area (Å²) in [5.41, 5.74) is 4.17. The zero-order valence-corrected chi connectivity index (χ0v) is 89.9. The van der Waals surface area contributed by atoms with Crippen LogP contribution in [0, 0.1) is 94.7 Å². The topological polar surface area (TPSA) is 247 Å². The fourth-order valence-electron chi connectivity index (χ4n) is 20.7. The number of ether oxygens (including phenoxy) is 12. The van der Waals surface area contributed by atoms with E-state index in [1.165, 1.54) is 60.7 Å². The molecule has 8 fully saturated rings. The van der Waals surface area contributed by atoms with Crippen molar-refractivity contribution in [3.8, 4) is 23.0 Å². The Balaban J connectivity index is 0.000000339. The fourth-order valence-corrected chi connectivity index (χ4v) is 20.7. The average molecular weight is 2080 g/mol. The quantitative estimate of drug-likeness (QED) is 0.0174. The largest absolute Gasteiger partial charge is 0.462 e. The maximum atomic E-state index is 14.9. The molecule has 0 unspecified atom stereocenters. The third-order valence-electron chi connectivity index (χ3n) is 29.3. The maximum Gasteiger partial charge on any atom is 0.400 e. The first-order valence-corrected chi connectivity index (χ1v) is 53.8. The van der Waals surface area contributed by atoms with Crippen molar-refractivity contribution in [2.45, 2.75) is 339 Å². The van der Waals surface area contributed by atoms with Gasteiger partial charge < -0.3 is 56.8 Å². The first kappa shape index (κ1) is 128. The van der Waals surface area contributed by atoms with Crippen LogP contribution in [0.15, 0.2) is 196 Å². The van der Waals surface area contributed by atoms with Gasteiger partial charge in [-0.15, -0.1) is 0 Å². The van der Waals surface area contributed by atoms with Gasteiger partial charge in [0.1, 0.15) is 49.4 Å². The number of carbonyl (C=O) groups is 8. The minimum atomic E-state index is -3.23. The van der Waals surface area contributed by atoms with Crippen LogP contribution in [-0.4, -0.2) is 98.6 Å². The van der Waals surface area contributed by atoms with E-state index in [0.29, 0.717) is 193 Å². The second-order valence-electron chi connectivity index (χ2n) is 39.6. The smallest absolute Gasteiger partial charge is 0.400 e. The van der Waals surface area contributed by atoms with Gasteiger partial charge in [-0.05, 0) is 375 Å². The molecule has 28 heteroatoms. The van der Waals surface area contributed by atoms with Crippen molar-refractivity contribution in [3.05, 3.63) is 219 Å². The Bertz CT molecular complexity index is 4700. The van der Waals surface area contributed by atoms with Crippen LogP contribution in [0.3, 0.4) is 0 Å². The molecule has 0 radical (unpaired) electrons. The van der Waals surface area contributed by atoms with E-state index in [4.69, 9.17) is 56.8 Å². The van der Waals surface area contributed by atoms with Crippen molar-refractivity contribution in [1.29, 1.82) is 0 Å². The molecule has 0 heterocycles. The second kappa shape index (κ2) is 66.7. The van der Waals surface area contributed by atoms with Crippen LogP contribution in [0.25, 0.3) is 0 Å². The average Bonchev–Trinajstić information content (AvgIpc) is 0.821. The SMILES string of the molecule is C=C(C)C(=O)OCc1ccc(OC(F)(F)C2CCC(C3CCC(COC(=O)C(=C)C)CC3)CC2)cc1.C=CC(=O)OCC1CCC(C2CCC(C(F)(F)Oc3ccc(COC(=O)C(=C)C)cc3)CC2)CC1.C=CC(=O)OCc1ccc(OC(F)(F)C2CCC(C3CCC(COC(=O)C(=C)C)CC3)CC2)cc1.C=CC(=O)OCc1ccc(OC(F)(F)C2CCC(C3CCC(COC(=O)C=C)CC3)CC2)cc1.CC.CC.CC.CC. The highest BCUT2D eigenvalue weighted by Crippen LogP contribution is 2.52. The molecule has 0 aliphatic heterocycles. The van der Waals surface area contributed by atoms with Crippen LogP contribution in [0.4, 0.5) is 35.1 Å². The summed E-state index contributed by atoms with van der Waals surface area (Å²) in [6, 6.07) is 24.7. The van der Waals surface area contributed by atoms with E-state index in [1.54, 1.807) is 76.2 Å². The number of esters is 8. The lowest BCUT2D eigenvalue weighted by Crippen LogP contribution is -2.38. The van der Waals surface area contributed by atoms with Crippen LogP contribution in [0.1, 0.15) is 311 Å². The fraction of sp³-hybridized carbons (Fsp3) is 0.600. The monoisotopic (exact) mass is 2080 g/mol. The second-order valence-corrected chi connectivity index (χ2v) is 39.6. The van der Waals surface area contributed by atoms with Gasteiger partial charge in [-0.25, -0.2) is 38.4 Å². The van der Waals surface area contributed by atoms with E-state index < -0.39 is 72.0 Å². The summed E-state index contributed by atoms with van der Waals surface area (Å²) in [6.45, 7) is 52.1. The first-order chi connectivity index (χ1) is 70.7. The Kier molecular flexibility index (Phi) is 57.5. The summed E-state index contributed by atoms with van der Waals surface area (Å²) in [6.07, 6.45) is 18.1. The van der Waals surface area contributed by atoms with Crippen LogP contribution in [0.2, 0.25) is 0 Å². The minimum Gasteiger partial charge on any atom is -0.462 e. The zero-order chi connectivity index (χ0) is 110. The van der Waals surface area contributed by atoms with Gasteiger partial charge in [-0.1, -0.05) is 157 Å². The van der Waals surface area contributed by atoms with Gasteiger partial charge in [0.25, 0.3) is 0 Å². The van der Waals surface area contributed by atoms with Gasteiger partial charge in [0, 0.05) is 46.6 Å². The molecule has 0 aromatic heterocycles. The molecule has 20 nitrogen and oxygen atoms in total. The number of rotatable bonds is 40. The van der Waals surface area contributed by atoms with Gasteiger partial charge >= 0.3 is 72.2 Å². The molecule has 4 aromatic carbocycles. The molecule has 0 spiro atoms. The van der Waals surface area contributed by atoms with Crippen molar-refractivity contribution in [2.75, 3.05) is 26.4 Å². The van der Waals surface area contributed by atoms with Crippen molar-refractivity contribution >= 4 is 47.8 Å². The van der Waals surface area contributed by atoms with Crippen molar-refractivity contribution < 1.29 is 130 Å². The highest BCUT2D eigenvalue weighted by molar-refractivity contribution is 5.88. The molecule has 8 aliphatic rings. The maximum absolute atomic E-state index is 14.9. The molecule has 0 atom stereocenters. The number of alkyl halides is 8. The van der Waals surface area contributed by atoms with Gasteiger partial charge in [-0.2, -0.15) is 35.1 Å². The van der Waals surface area contributed by atoms with Gasteiger partial charge in [0.15, 0.2) is 0 Å². The lowest BCUT2D eigenvalue weighted by molar-refractivity contribution is -0.225. The van der Waals surface area contributed by atoms with Crippen LogP contribution in [0.5, 0.6) is 23.0 Å². The van der Waals surface area contributed by atoms with Crippen LogP contribution in [-0.2, 0) is 103 Å². The Morgan fingerprint density at radius 2 is 0.385 bits per heavy atom. The molecule has 8 saturated carbocycles. The van der Waals surface area contributed by atoms with Crippen molar-refractivity contribution in [2.24, 2.45) is 94.7 Å². The predicted molar refractivity (Wildman–Crippen MR) is 560 cm³/mol. The van der Waals surface area contributed by atoms with E-state index in [-0.39, 0.29) is 73.3 Å². The standard InChI is InChI=1S/C29H38F2O5.2C28H36F2O5.C27H34F2O5.4C2H6/c1-19(2)27(32)34-17-21-5-9-23(10-6-21)24-11-13-25(14-12-24)29(30,31)36-26-15-7-22(8-16-26)18-35-28(33)20(3)4;1-4-26(31)33-17-21-7-15-25(16-8-21)35-28(29,30)24-13-11-23(12-14-24)22-9-5-20(6-10-22)18-34-27(32)19(2)3;1-4-26(31)33-17-20-5-9-22(10-6-20)23-11-13-24(14-12-23)28(29,30)35-25-15-7-21(8-16-25)18-34-27(32)19(2)3;1-3-25(30)32-17-19-5-9-21(10-6-19)22-11-13-23(14-12-22)27(28,29)34-24-15-7-20(8-16-24)18-33-26(31)4-2;4*1-2/h7-8,15-16,21,23-25H,1,3,5-6,9-14,17-18H2,2,4H3;2*4,7-8,15-16,20,22-24H,1-2,5-6,9-14,17-18H2,3H3;3-4,7-8,15-16,19,21-23H,1-2,5-6,9-14,17-18H2;4*1-2H3. The highest BCUT2D eigenvalue weighted by atomic mass is 19.3. The normalized spacial score (nSPS) is 23.6. The lowest BCUT2D eigenvalue weighted by Gasteiger charge is -2.39. The number of hydrogen-bond acceptors (Lipinski definition) is 20. The first-order valence-electron chi connectivity index (χ1n) is 53.8. The van der Waals surface area contributed by atoms with Crippen LogP contribution < -0.4 is 18.9 Å². The number of carbonyl (C=O) groups excluding carboxylic acids is 8. The number of hydrogen-bond donors (Lipinski definition) is 0. The summed E-state index contributed by atoms with van der Waals surface area (Å²) in [4.78, 5) is 90.9. The van der Waals surface area contributed by atoms with Crippen molar-refractivity contribution in [3.63, 3.8) is 0 Å². The summed E-state index contributed by atoms with van der Waals surface area (Å²) < 4.78 is 180. The van der Waals surface area contributed by atoms with Crippen molar-refractivity contribution in [1.82, 2.24) is 0 Å². The number of benzene rings is 4. The molecule has 12 rings (SSSR count). The van der Waals surface area contributed by atoms with E-state index >= 15 is 0 Å². The lowest BCUT2D eigenvalue weighted by atomic mass is 9.69. The molecular formula is C120H168F8O20. The Morgan fingerprint density at radius 1 is 0.236 bits per heavy atom. The van der Waals surface area contributed by atoms with Gasteiger partial charge in [-0.3, -0.25) is 0 Å². The summed E-state index contributed by atoms with van der Waals surface area (Å²) in [5, 5.41) is 0. The van der Waals surface area contributed by atoms with E-state index in [0.717, 1.165) is 166 Å². The van der Waals surface area contributed by atoms with E-state index in [1.807, 2.05) is 55.4 Å². The molecule has 8 aliphatic carbocycles. The van der Waals surface area contributed by atoms with E-state index in [9.17, 15) is 73.5 Å². The van der Waals surface area contributed by atoms with E-state index in [2.05, 4.69) is 52.6 Å². The molecule has 0 saturated heterocycles. The number of halogens is 8. The predicted octanol–water partition coefficient (Wildman–Crippen LogP) is 30.6. The molecule has 0 amide bonds. The molecule has 0 N–H and O–H groups in total. The molecule has 824 valence electrons. The highest BCUT2D eigenvalue weighted by Gasteiger charge is 2.50. The summed E-state index contributed by atoms with van der Waals surface area (Å²) in [7, 11) is 0. The summed E-state index contributed by atoms with van der Waals surface area (Å²) >= 11 is 0. The minimum absolute atomic E-state index is 0.0487. The van der Waals surface area contributed by atoms with Gasteiger partial charge in [0.2, 0.25) is 0 Å². The molecule has 0 bridgehead atoms. The Hall–Kier alpha value is -10.8.